The number of anilines is 1. The Morgan fingerprint density at radius 3 is 2.43 bits per heavy atom. The molecule has 1 heterocycles. The Morgan fingerprint density at radius 2 is 1.74 bits per heavy atom. The van der Waals surface area contributed by atoms with E-state index < -0.39 is 30.4 Å². The smallest absolute Gasteiger partial charge is 0.338 e. The lowest BCUT2D eigenvalue weighted by atomic mass is 10.1. The first-order chi connectivity index (χ1) is 16.9. The van der Waals surface area contributed by atoms with Gasteiger partial charge >= 0.3 is 11.9 Å². The van der Waals surface area contributed by atoms with E-state index in [0.29, 0.717) is 17.9 Å². The highest BCUT2D eigenvalue weighted by atomic mass is 16.5. The van der Waals surface area contributed by atoms with Crippen LogP contribution in [0.4, 0.5) is 5.69 Å². The number of nitrogens with zero attached hydrogens (tertiary/aromatic N) is 1. The molecule has 0 aromatic heterocycles. The van der Waals surface area contributed by atoms with Crippen LogP contribution in [-0.4, -0.2) is 43.5 Å². The van der Waals surface area contributed by atoms with Gasteiger partial charge in [0, 0.05) is 18.7 Å². The first-order valence-corrected chi connectivity index (χ1v) is 12.0. The molecule has 186 valence electrons. The number of rotatable bonds is 11. The molecular weight excluding hydrogens is 448 g/mol. The summed E-state index contributed by atoms with van der Waals surface area (Å²) in [6.07, 6.45) is 2.88. The second-order valence-electron chi connectivity index (χ2n) is 8.60. The fourth-order valence-electron chi connectivity index (χ4n) is 3.86. The van der Waals surface area contributed by atoms with Crippen LogP contribution in [0.25, 0.3) is 0 Å². The number of ether oxygens (including phenoxy) is 2. The van der Waals surface area contributed by atoms with Crippen molar-refractivity contribution in [1.29, 1.82) is 0 Å². The molecule has 0 unspecified atom stereocenters. The zero-order chi connectivity index (χ0) is 25.2. The SMILES string of the molecule is CCCCCOC(=O)c1ccc(N2C[C@H](C(=O)OCC(=O)N[C@H](C)c3ccccc3)CC2=O)cc1. The van der Waals surface area contributed by atoms with Crippen molar-refractivity contribution < 1.29 is 28.7 Å². The predicted octanol–water partition coefficient (Wildman–Crippen LogP) is 3.81. The maximum Gasteiger partial charge on any atom is 0.338 e. The highest BCUT2D eigenvalue weighted by Gasteiger charge is 2.36. The zero-order valence-corrected chi connectivity index (χ0v) is 20.2. The van der Waals surface area contributed by atoms with Gasteiger partial charge < -0.3 is 19.7 Å². The van der Waals surface area contributed by atoms with Gasteiger partial charge in [0.1, 0.15) is 0 Å². The average Bonchev–Trinajstić information content (AvgIpc) is 3.27. The number of unbranched alkanes of at least 4 members (excludes halogenated alkanes) is 2. The molecule has 2 atom stereocenters. The van der Waals surface area contributed by atoms with Crippen molar-refractivity contribution in [3.8, 4) is 0 Å². The molecule has 0 saturated carbocycles. The van der Waals surface area contributed by atoms with Crippen molar-refractivity contribution in [3.63, 3.8) is 0 Å². The lowest BCUT2D eigenvalue weighted by molar-refractivity contribution is -0.152. The van der Waals surface area contributed by atoms with E-state index in [4.69, 9.17) is 9.47 Å². The number of carbonyl (C=O) groups is 4. The van der Waals surface area contributed by atoms with Crippen LogP contribution >= 0.6 is 0 Å². The Hall–Kier alpha value is -3.68. The molecule has 2 aromatic rings. The van der Waals surface area contributed by atoms with Crippen LogP contribution in [-0.2, 0) is 23.9 Å². The summed E-state index contributed by atoms with van der Waals surface area (Å²) in [5.74, 6) is -2.28. The number of hydrogen-bond donors (Lipinski definition) is 1. The van der Waals surface area contributed by atoms with Gasteiger partial charge in [0.15, 0.2) is 6.61 Å². The van der Waals surface area contributed by atoms with Gasteiger partial charge in [0.2, 0.25) is 5.91 Å². The number of hydrogen-bond acceptors (Lipinski definition) is 6. The molecule has 0 aliphatic carbocycles. The first kappa shape index (κ1) is 25.9. The van der Waals surface area contributed by atoms with Crippen LogP contribution in [0.2, 0.25) is 0 Å². The molecule has 1 N–H and O–H groups in total. The number of nitrogens with one attached hydrogen (secondary N) is 1. The van der Waals surface area contributed by atoms with Crippen molar-refractivity contribution in [2.75, 3.05) is 24.7 Å². The van der Waals surface area contributed by atoms with Gasteiger partial charge in [-0.25, -0.2) is 4.79 Å². The monoisotopic (exact) mass is 480 g/mol. The maximum atomic E-state index is 12.5. The summed E-state index contributed by atoms with van der Waals surface area (Å²) in [6.45, 7) is 4.05. The third-order valence-electron chi connectivity index (χ3n) is 5.88. The Bertz CT molecular complexity index is 1020. The molecular formula is C27H32N2O6. The predicted molar refractivity (Wildman–Crippen MR) is 131 cm³/mol. The molecule has 0 bridgehead atoms. The summed E-state index contributed by atoms with van der Waals surface area (Å²) >= 11 is 0. The number of amides is 2. The van der Waals surface area contributed by atoms with Gasteiger partial charge in [-0.05, 0) is 43.2 Å². The summed E-state index contributed by atoms with van der Waals surface area (Å²) in [4.78, 5) is 50.8. The molecule has 2 amide bonds. The molecule has 35 heavy (non-hydrogen) atoms. The van der Waals surface area contributed by atoms with Crippen LogP contribution in [0.15, 0.2) is 54.6 Å². The van der Waals surface area contributed by atoms with Gasteiger partial charge in [-0.15, -0.1) is 0 Å². The fraction of sp³-hybridized carbons (Fsp3) is 0.407. The van der Waals surface area contributed by atoms with E-state index in [2.05, 4.69) is 12.2 Å². The Morgan fingerprint density at radius 1 is 1.03 bits per heavy atom. The average molecular weight is 481 g/mol. The van der Waals surface area contributed by atoms with Gasteiger partial charge in [-0.3, -0.25) is 14.4 Å². The lowest BCUT2D eigenvalue weighted by Crippen LogP contribution is -2.32. The minimum atomic E-state index is -0.662. The fourth-order valence-corrected chi connectivity index (χ4v) is 3.86. The van der Waals surface area contributed by atoms with E-state index in [0.717, 1.165) is 24.8 Å². The molecule has 8 heteroatoms. The van der Waals surface area contributed by atoms with Crippen LogP contribution in [0.1, 0.15) is 61.5 Å². The molecule has 0 spiro atoms. The van der Waals surface area contributed by atoms with Gasteiger partial charge in [0.25, 0.3) is 5.91 Å². The van der Waals surface area contributed by atoms with Crippen LogP contribution in [0.5, 0.6) is 0 Å². The highest BCUT2D eigenvalue weighted by Crippen LogP contribution is 2.26. The van der Waals surface area contributed by atoms with E-state index >= 15 is 0 Å². The second-order valence-corrected chi connectivity index (χ2v) is 8.60. The third kappa shape index (κ3) is 7.40. The second kappa shape index (κ2) is 12.7. The molecule has 3 rings (SSSR count). The minimum Gasteiger partial charge on any atom is -0.462 e. The topological polar surface area (TPSA) is 102 Å². The number of esters is 2. The van der Waals surface area contributed by atoms with Crippen LogP contribution in [0.3, 0.4) is 0 Å². The van der Waals surface area contributed by atoms with E-state index in [1.807, 2.05) is 37.3 Å². The Balaban J connectivity index is 1.47. The summed E-state index contributed by atoms with van der Waals surface area (Å²) in [7, 11) is 0. The highest BCUT2D eigenvalue weighted by molar-refractivity contribution is 6.00. The minimum absolute atomic E-state index is 0.00208. The molecule has 1 aliphatic heterocycles. The van der Waals surface area contributed by atoms with Crippen molar-refractivity contribution in [2.45, 2.75) is 45.6 Å². The summed E-state index contributed by atoms with van der Waals surface area (Å²) in [5, 5.41) is 2.79. The Kier molecular flexibility index (Phi) is 9.40. The standard InChI is InChI=1S/C27H32N2O6/c1-3-4-8-15-34-26(32)21-11-13-23(14-12-21)29-17-22(16-25(29)31)27(33)35-18-24(30)28-19(2)20-9-6-5-7-10-20/h5-7,9-14,19,22H,3-4,8,15-18H2,1-2H3,(H,28,30)/t19-,22-/m1/s1. The molecule has 8 nitrogen and oxygen atoms in total. The van der Waals surface area contributed by atoms with Crippen LogP contribution < -0.4 is 10.2 Å². The van der Waals surface area contributed by atoms with Crippen molar-refractivity contribution in [3.05, 3.63) is 65.7 Å². The molecule has 1 aliphatic rings. The van der Waals surface area contributed by atoms with Crippen LogP contribution in [0, 0.1) is 5.92 Å². The molecule has 1 saturated heterocycles. The maximum absolute atomic E-state index is 12.5. The Labute approximate surface area is 205 Å². The van der Waals surface area contributed by atoms with Crippen molar-refractivity contribution >= 4 is 29.4 Å². The largest absolute Gasteiger partial charge is 0.462 e. The normalized spacial score (nSPS) is 16.0. The van der Waals surface area contributed by atoms with Crippen molar-refractivity contribution in [1.82, 2.24) is 5.32 Å². The quantitative estimate of drug-likeness (QED) is 0.388. The van der Waals surface area contributed by atoms with E-state index in [1.54, 1.807) is 24.3 Å². The molecule has 2 aromatic carbocycles. The third-order valence-corrected chi connectivity index (χ3v) is 5.88. The van der Waals surface area contributed by atoms with E-state index in [9.17, 15) is 19.2 Å². The lowest BCUT2D eigenvalue weighted by Gasteiger charge is -2.17. The van der Waals surface area contributed by atoms with Gasteiger partial charge in [-0.2, -0.15) is 0 Å². The van der Waals surface area contributed by atoms with Crippen molar-refractivity contribution in [2.24, 2.45) is 5.92 Å². The first-order valence-electron chi connectivity index (χ1n) is 12.0. The zero-order valence-electron chi connectivity index (χ0n) is 20.2. The summed E-state index contributed by atoms with van der Waals surface area (Å²) in [6, 6.07) is 15.8. The van der Waals surface area contributed by atoms with E-state index in [-0.39, 0.29) is 24.9 Å². The molecule has 0 radical (unpaired) electrons. The number of benzene rings is 2. The summed E-state index contributed by atoms with van der Waals surface area (Å²) in [5.41, 5.74) is 1.94. The van der Waals surface area contributed by atoms with Gasteiger partial charge in [-0.1, -0.05) is 50.1 Å². The number of carbonyl (C=O) groups excluding carboxylic acids is 4. The van der Waals surface area contributed by atoms with Gasteiger partial charge in [0.05, 0.1) is 24.1 Å². The molecule has 1 fully saturated rings. The van der Waals surface area contributed by atoms with E-state index in [1.165, 1.54) is 4.90 Å². The summed E-state index contributed by atoms with van der Waals surface area (Å²) < 4.78 is 10.4.